The van der Waals surface area contributed by atoms with Gasteiger partial charge >= 0.3 is 0 Å². The molecule has 34 heavy (non-hydrogen) atoms. The van der Waals surface area contributed by atoms with E-state index in [1.165, 1.54) is 11.1 Å². The monoisotopic (exact) mass is 511 g/mol. The predicted octanol–water partition coefficient (Wildman–Crippen LogP) is 7.59. The molecule has 5 nitrogen and oxygen atoms in total. The van der Waals surface area contributed by atoms with Gasteiger partial charge in [-0.2, -0.15) is 0 Å². The van der Waals surface area contributed by atoms with Crippen molar-refractivity contribution < 1.29 is 18.3 Å². The molecule has 198 valence electrons. The Labute approximate surface area is 212 Å². The molecule has 0 radical (unpaired) electrons. The first-order valence-electron chi connectivity index (χ1n) is 12.9. The summed E-state index contributed by atoms with van der Waals surface area (Å²) in [4.78, 5) is 0. The van der Waals surface area contributed by atoms with Crippen molar-refractivity contribution >= 4 is 22.3 Å². The molecule has 0 unspecified atom stereocenters. The van der Waals surface area contributed by atoms with Gasteiger partial charge in [0.05, 0.1) is 33.0 Å². The zero-order valence-electron chi connectivity index (χ0n) is 24.0. The fraction of sp³-hybridized carbons (Fsp3) is 0.778. The molecule has 0 spiro atoms. The molecule has 0 aliphatic carbocycles. The van der Waals surface area contributed by atoms with E-state index in [1.807, 2.05) is 0 Å². The second-order valence-corrected chi connectivity index (χ2v) is 21.9. The minimum absolute atomic E-state index is 0.190. The van der Waals surface area contributed by atoms with Gasteiger partial charge in [0.1, 0.15) is 0 Å². The highest BCUT2D eigenvalue weighted by Gasteiger charge is 2.38. The smallest absolute Gasteiger partial charge is 0.192 e. The second-order valence-electron chi connectivity index (χ2n) is 12.3. The Hall–Kier alpha value is -0.706. The average Bonchev–Trinajstić information content (AvgIpc) is 2.71. The van der Waals surface area contributed by atoms with E-state index in [2.05, 4.69) is 98.2 Å². The summed E-state index contributed by atoms with van der Waals surface area (Å²) < 4.78 is 24.2. The van der Waals surface area contributed by atoms with E-state index in [9.17, 15) is 0 Å². The van der Waals surface area contributed by atoms with Crippen molar-refractivity contribution in [1.82, 2.24) is 0 Å². The first-order chi connectivity index (χ1) is 15.6. The van der Waals surface area contributed by atoms with Crippen molar-refractivity contribution in [3.63, 3.8) is 0 Å². The van der Waals surface area contributed by atoms with E-state index < -0.39 is 16.6 Å². The summed E-state index contributed by atoms with van der Waals surface area (Å²) >= 11 is 0. The Morgan fingerprint density at radius 1 is 0.676 bits per heavy atom. The number of ether oxygens (including phenoxy) is 2. The lowest BCUT2D eigenvalue weighted by atomic mass is 10.1. The molecule has 1 aromatic carbocycles. The summed E-state index contributed by atoms with van der Waals surface area (Å²) in [6.45, 7) is 29.8. The van der Waals surface area contributed by atoms with E-state index in [0.29, 0.717) is 33.0 Å². The quantitative estimate of drug-likeness (QED) is 0.194. The summed E-state index contributed by atoms with van der Waals surface area (Å²) in [6, 6.07) is 6.65. The van der Waals surface area contributed by atoms with Crippen LogP contribution in [0.4, 0.5) is 5.69 Å². The van der Waals surface area contributed by atoms with Crippen LogP contribution in [-0.2, 0) is 31.5 Å². The number of hydrogen-bond donors (Lipinski definition) is 1. The molecule has 0 aliphatic heterocycles. The van der Waals surface area contributed by atoms with Crippen LogP contribution in [0.15, 0.2) is 18.2 Å². The molecule has 0 atom stereocenters. The minimum atomic E-state index is -1.82. The zero-order chi connectivity index (χ0) is 26.0. The molecular weight excluding hydrogens is 458 g/mol. The van der Waals surface area contributed by atoms with Gasteiger partial charge in [0.2, 0.25) is 0 Å². The number of hydrogen-bond acceptors (Lipinski definition) is 5. The summed E-state index contributed by atoms with van der Waals surface area (Å²) in [5, 5.41) is 3.91. The molecule has 1 aromatic rings. The lowest BCUT2D eigenvalue weighted by Gasteiger charge is -2.36. The third-order valence-electron chi connectivity index (χ3n) is 7.16. The molecule has 7 heteroatoms. The van der Waals surface area contributed by atoms with Crippen molar-refractivity contribution in [2.75, 3.05) is 38.3 Å². The molecule has 0 aromatic heterocycles. The highest BCUT2D eigenvalue weighted by atomic mass is 28.4. The van der Waals surface area contributed by atoms with Gasteiger partial charge in [-0.1, -0.05) is 54.5 Å². The Morgan fingerprint density at radius 3 is 1.53 bits per heavy atom. The SMILES string of the molecule is CCCOCCOCCNc1cc(CO[Si](C)(C)C(C)(C)C)cc(CO[Si](C)(C)C(C)(C)C)c1. The average molecular weight is 512 g/mol. The summed E-state index contributed by atoms with van der Waals surface area (Å²) in [6.07, 6.45) is 1.04. The van der Waals surface area contributed by atoms with Crippen LogP contribution in [0.3, 0.4) is 0 Å². The molecule has 0 saturated carbocycles. The molecule has 0 bridgehead atoms. The number of benzene rings is 1. The summed E-state index contributed by atoms with van der Waals surface area (Å²) in [5.74, 6) is 0. The van der Waals surface area contributed by atoms with Crippen molar-refractivity contribution in [2.45, 2.75) is 104 Å². The normalized spacial score (nSPS) is 13.4. The van der Waals surface area contributed by atoms with Crippen LogP contribution in [0.1, 0.15) is 66.0 Å². The summed E-state index contributed by atoms with van der Waals surface area (Å²) in [5.41, 5.74) is 3.48. The zero-order valence-corrected chi connectivity index (χ0v) is 26.0. The Bertz CT molecular complexity index is 676. The van der Waals surface area contributed by atoms with E-state index >= 15 is 0 Å². The van der Waals surface area contributed by atoms with Crippen molar-refractivity contribution in [2.24, 2.45) is 0 Å². The van der Waals surface area contributed by atoms with E-state index in [-0.39, 0.29) is 10.1 Å². The molecular formula is C27H53NO4Si2. The second kappa shape index (κ2) is 13.6. The number of rotatable bonds is 15. The van der Waals surface area contributed by atoms with Crippen molar-refractivity contribution in [1.29, 1.82) is 0 Å². The maximum atomic E-state index is 6.52. The molecule has 0 saturated heterocycles. The van der Waals surface area contributed by atoms with Gasteiger partial charge in [0.25, 0.3) is 0 Å². The van der Waals surface area contributed by atoms with Crippen LogP contribution < -0.4 is 5.32 Å². The van der Waals surface area contributed by atoms with E-state index in [0.717, 1.165) is 25.3 Å². The topological polar surface area (TPSA) is 49.0 Å². The van der Waals surface area contributed by atoms with Crippen LogP contribution in [0.25, 0.3) is 0 Å². The van der Waals surface area contributed by atoms with Crippen LogP contribution in [0.5, 0.6) is 0 Å². The molecule has 1 rings (SSSR count). The van der Waals surface area contributed by atoms with Crippen LogP contribution in [0.2, 0.25) is 36.3 Å². The first-order valence-corrected chi connectivity index (χ1v) is 18.7. The Kier molecular flexibility index (Phi) is 12.5. The molecule has 0 amide bonds. The van der Waals surface area contributed by atoms with Crippen LogP contribution in [-0.4, -0.2) is 49.6 Å². The molecule has 0 fully saturated rings. The molecule has 0 heterocycles. The van der Waals surface area contributed by atoms with Gasteiger partial charge < -0.3 is 23.6 Å². The van der Waals surface area contributed by atoms with Gasteiger partial charge in [-0.15, -0.1) is 0 Å². The first kappa shape index (κ1) is 31.3. The standard InChI is InChI=1S/C27H53NO4Si2/c1-12-14-29-16-17-30-15-13-28-25-19-23(21-31-33(8,9)26(2,3)4)18-24(20-25)22-32-34(10,11)27(5,6)7/h18-20,28H,12-17,21-22H2,1-11H3. The Balaban J connectivity index is 2.84. The maximum Gasteiger partial charge on any atom is 0.192 e. The van der Waals surface area contributed by atoms with E-state index in [1.54, 1.807) is 0 Å². The van der Waals surface area contributed by atoms with Crippen molar-refractivity contribution in [3.05, 3.63) is 29.3 Å². The van der Waals surface area contributed by atoms with Gasteiger partial charge in [-0.05, 0) is 65.9 Å². The lowest BCUT2D eigenvalue weighted by Crippen LogP contribution is -2.40. The Morgan fingerprint density at radius 2 is 1.12 bits per heavy atom. The van der Waals surface area contributed by atoms with Crippen molar-refractivity contribution in [3.8, 4) is 0 Å². The number of nitrogens with one attached hydrogen (secondary N) is 1. The lowest BCUT2D eigenvalue weighted by molar-refractivity contribution is 0.0519. The third-order valence-corrected chi connectivity index (χ3v) is 16.1. The minimum Gasteiger partial charge on any atom is -0.413 e. The maximum absolute atomic E-state index is 6.52. The predicted molar refractivity (Wildman–Crippen MR) is 151 cm³/mol. The summed E-state index contributed by atoms with van der Waals surface area (Å²) in [7, 11) is -3.65. The highest BCUT2D eigenvalue weighted by molar-refractivity contribution is 6.74. The van der Waals surface area contributed by atoms with Gasteiger partial charge in [0, 0.05) is 18.8 Å². The molecule has 1 N–H and O–H groups in total. The number of anilines is 1. The fourth-order valence-corrected chi connectivity index (χ4v) is 4.65. The molecule has 0 aliphatic rings. The van der Waals surface area contributed by atoms with Crippen LogP contribution >= 0.6 is 0 Å². The van der Waals surface area contributed by atoms with E-state index in [4.69, 9.17) is 18.3 Å². The highest BCUT2D eigenvalue weighted by Crippen LogP contribution is 2.38. The fourth-order valence-electron chi connectivity index (χ4n) is 2.73. The van der Waals surface area contributed by atoms with Gasteiger partial charge in [-0.3, -0.25) is 0 Å². The van der Waals surface area contributed by atoms with Gasteiger partial charge in [0.15, 0.2) is 16.6 Å². The van der Waals surface area contributed by atoms with Gasteiger partial charge in [-0.25, -0.2) is 0 Å². The largest absolute Gasteiger partial charge is 0.413 e. The third kappa shape index (κ3) is 10.9. The van der Waals surface area contributed by atoms with Crippen LogP contribution in [0, 0.1) is 0 Å².